The number of hydrogen-bond donors (Lipinski definition) is 2. The van der Waals surface area contributed by atoms with Crippen LogP contribution in [-0.4, -0.2) is 19.7 Å². The maximum atomic E-state index is 5.59. The molecule has 100 valence electrons. The first-order chi connectivity index (χ1) is 9.11. The minimum atomic E-state index is 0.719. The summed E-state index contributed by atoms with van der Waals surface area (Å²) in [6.07, 6.45) is 3.12. The summed E-state index contributed by atoms with van der Waals surface area (Å²) in [5.41, 5.74) is 8.00. The van der Waals surface area contributed by atoms with Gasteiger partial charge in [-0.05, 0) is 33.1 Å². The molecule has 0 saturated carbocycles. The maximum Gasteiger partial charge on any atom is 0.165 e. The number of nitrogen functional groups attached to an aromatic ring is 1. The monoisotopic (exact) mass is 258 g/mol. The summed E-state index contributed by atoms with van der Waals surface area (Å²) in [6, 6.07) is 0. The van der Waals surface area contributed by atoms with Crippen molar-refractivity contribution in [3.05, 3.63) is 22.6 Å². The van der Waals surface area contributed by atoms with Gasteiger partial charge >= 0.3 is 0 Å². The Morgan fingerprint density at radius 1 is 1.21 bits per heavy atom. The van der Waals surface area contributed by atoms with E-state index in [2.05, 4.69) is 15.5 Å². The fraction of sp³-hybridized carbons (Fsp3) is 0.462. The van der Waals surface area contributed by atoms with Crippen LogP contribution in [0.15, 0.2) is 0 Å². The van der Waals surface area contributed by atoms with E-state index in [0.29, 0.717) is 0 Å². The molecule has 2 heterocycles. The Bertz CT molecular complexity index is 643. The predicted octanol–water partition coefficient (Wildman–Crippen LogP) is 1.27. The number of hydrazine groups is 1. The molecule has 19 heavy (non-hydrogen) atoms. The standard InChI is InChI=1S/C13H18N6/c1-7-11(8(2)19(3)18-7)13-15-10-6-4-5-9(10)12(16-13)17-14/h4-6,14H2,1-3H3,(H,15,16,17). The third kappa shape index (κ3) is 1.79. The van der Waals surface area contributed by atoms with E-state index in [0.717, 1.165) is 59.1 Å². The fourth-order valence-electron chi connectivity index (χ4n) is 2.76. The number of nitrogens with two attached hydrogens (primary N) is 1. The smallest absolute Gasteiger partial charge is 0.165 e. The van der Waals surface area contributed by atoms with Crippen LogP contribution in [0.25, 0.3) is 11.4 Å². The van der Waals surface area contributed by atoms with Crippen LogP contribution in [0.1, 0.15) is 29.1 Å². The summed E-state index contributed by atoms with van der Waals surface area (Å²) in [5.74, 6) is 7.06. The second-order valence-electron chi connectivity index (χ2n) is 4.99. The van der Waals surface area contributed by atoms with Crippen LogP contribution in [0.4, 0.5) is 5.82 Å². The van der Waals surface area contributed by atoms with Crippen molar-refractivity contribution in [1.82, 2.24) is 19.7 Å². The average Bonchev–Trinajstić information content (AvgIpc) is 2.94. The van der Waals surface area contributed by atoms with Crippen LogP contribution in [0, 0.1) is 13.8 Å². The molecule has 0 aromatic carbocycles. The van der Waals surface area contributed by atoms with Gasteiger partial charge in [0.2, 0.25) is 0 Å². The molecule has 3 N–H and O–H groups in total. The van der Waals surface area contributed by atoms with Gasteiger partial charge in [0.1, 0.15) is 5.82 Å². The van der Waals surface area contributed by atoms with Crippen molar-refractivity contribution in [2.45, 2.75) is 33.1 Å². The van der Waals surface area contributed by atoms with Gasteiger partial charge in [0.15, 0.2) is 5.82 Å². The van der Waals surface area contributed by atoms with E-state index in [-0.39, 0.29) is 0 Å². The summed E-state index contributed by atoms with van der Waals surface area (Å²) in [6.45, 7) is 4.01. The molecule has 6 heteroatoms. The van der Waals surface area contributed by atoms with Crippen molar-refractivity contribution in [3.63, 3.8) is 0 Å². The molecule has 1 aliphatic rings. The maximum absolute atomic E-state index is 5.59. The summed E-state index contributed by atoms with van der Waals surface area (Å²) in [4.78, 5) is 9.27. The predicted molar refractivity (Wildman–Crippen MR) is 73.5 cm³/mol. The Morgan fingerprint density at radius 2 is 2.00 bits per heavy atom. The van der Waals surface area contributed by atoms with Gasteiger partial charge in [-0.15, -0.1) is 0 Å². The third-order valence-electron chi connectivity index (χ3n) is 3.80. The molecule has 3 rings (SSSR count). The molecule has 0 fully saturated rings. The van der Waals surface area contributed by atoms with Gasteiger partial charge in [0, 0.05) is 24.0 Å². The van der Waals surface area contributed by atoms with Crippen molar-refractivity contribution < 1.29 is 0 Å². The number of anilines is 1. The Labute approximate surface area is 112 Å². The van der Waals surface area contributed by atoms with Crippen molar-refractivity contribution in [2.24, 2.45) is 12.9 Å². The molecule has 0 amide bonds. The van der Waals surface area contributed by atoms with Crippen molar-refractivity contribution in [1.29, 1.82) is 0 Å². The van der Waals surface area contributed by atoms with E-state index in [4.69, 9.17) is 10.8 Å². The molecule has 0 saturated heterocycles. The van der Waals surface area contributed by atoms with Gasteiger partial charge < -0.3 is 5.43 Å². The van der Waals surface area contributed by atoms with Crippen LogP contribution in [-0.2, 0) is 19.9 Å². The van der Waals surface area contributed by atoms with Gasteiger partial charge in [-0.2, -0.15) is 5.10 Å². The Hall–Kier alpha value is -1.95. The number of fused-ring (bicyclic) bond motifs is 1. The van der Waals surface area contributed by atoms with Gasteiger partial charge in [-0.1, -0.05) is 0 Å². The molecule has 0 unspecified atom stereocenters. The van der Waals surface area contributed by atoms with Crippen molar-refractivity contribution in [2.75, 3.05) is 5.43 Å². The second kappa shape index (κ2) is 4.31. The molecule has 2 aromatic rings. The fourth-order valence-corrected chi connectivity index (χ4v) is 2.76. The van der Waals surface area contributed by atoms with Crippen LogP contribution in [0.2, 0.25) is 0 Å². The SMILES string of the molecule is Cc1nn(C)c(C)c1-c1nc2c(c(NN)n1)CCC2. The summed E-state index contributed by atoms with van der Waals surface area (Å²) in [5, 5.41) is 4.42. The Balaban J connectivity index is 2.21. The zero-order valence-corrected chi connectivity index (χ0v) is 11.5. The number of nitrogens with zero attached hydrogens (tertiary/aromatic N) is 4. The Morgan fingerprint density at radius 3 is 2.63 bits per heavy atom. The molecule has 1 aliphatic carbocycles. The topological polar surface area (TPSA) is 81.7 Å². The first kappa shape index (κ1) is 12.1. The average molecular weight is 258 g/mol. The number of nitrogens with one attached hydrogen (secondary N) is 1. The van der Waals surface area contributed by atoms with E-state index in [1.165, 1.54) is 0 Å². The largest absolute Gasteiger partial charge is 0.308 e. The van der Waals surface area contributed by atoms with Crippen LogP contribution >= 0.6 is 0 Å². The minimum Gasteiger partial charge on any atom is -0.308 e. The third-order valence-corrected chi connectivity index (χ3v) is 3.80. The minimum absolute atomic E-state index is 0.719. The summed E-state index contributed by atoms with van der Waals surface area (Å²) in [7, 11) is 1.93. The molecule has 0 radical (unpaired) electrons. The first-order valence-electron chi connectivity index (χ1n) is 6.48. The summed E-state index contributed by atoms with van der Waals surface area (Å²) < 4.78 is 1.86. The van der Waals surface area contributed by atoms with E-state index in [9.17, 15) is 0 Å². The lowest BCUT2D eigenvalue weighted by Crippen LogP contribution is -2.13. The van der Waals surface area contributed by atoms with Crippen molar-refractivity contribution in [3.8, 4) is 11.4 Å². The van der Waals surface area contributed by atoms with E-state index < -0.39 is 0 Å². The molecular formula is C13H18N6. The van der Waals surface area contributed by atoms with Crippen LogP contribution in [0.5, 0.6) is 0 Å². The normalized spacial score (nSPS) is 13.7. The number of hydrogen-bond acceptors (Lipinski definition) is 5. The summed E-state index contributed by atoms with van der Waals surface area (Å²) >= 11 is 0. The lowest BCUT2D eigenvalue weighted by molar-refractivity contribution is 0.731. The molecule has 6 nitrogen and oxygen atoms in total. The lowest BCUT2D eigenvalue weighted by Gasteiger charge is -2.09. The van der Waals surface area contributed by atoms with Crippen LogP contribution in [0.3, 0.4) is 0 Å². The highest BCUT2D eigenvalue weighted by Crippen LogP contribution is 2.30. The van der Waals surface area contributed by atoms with Gasteiger partial charge in [0.25, 0.3) is 0 Å². The highest BCUT2D eigenvalue weighted by Gasteiger charge is 2.22. The van der Waals surface area contributed by atoms with Gasteiger partial charge in [-0.3, -0.25) is 4.68 Å². The van der Waals surface area contributed by atoms with E-state index >= 15 is 0 Å². The van der Waals surface area contributed by atoms with E-state index in [1.807, 2.05) is 25.6 Å². The number of aromatic nitrogens is 4. The molecule has 0 aliphatic heterocycles. The highest BCUT2D eigenvalue weighted by atomic mass is 15.3. The highest BCUT2D eigenvalue weighted by molar-refractivity contribution is 5.64. The molecule has 0 atom stereocenters. The zero-order chi connectivity index (χ0) is 13.6. The van der Waals surface area contributed by atoms with E-state index in [1.54, 1.807) is 0 Å². The molecule has 0 bridgehead atoms. The zero-order valence-electron chi connectivity index (χ0n) is 11.5. The second-order valence-corrected chi connectivity index (χ2v) is 4.99. The van der Waals surface area contributed by atoms with Crippen molar-refractivity contribution >= 4 is 5.82 Å². The number of rotatable bonds is 2. The molecular weight excluding hydrogens is 240 g/mol. The molecule has 0 spiro atoms. The quantitative estimate of drug-likeness (QED) is 0.626. The van der Waals surface area contributed by atoms with Crippen LogP contribution < -0.4 is 11.3 Å². The molecule has 2 aromatic heterocycles. The van der Waals surface area contributed by atoms with Gasteiger partial charge in [-0.25, -0.2) is 15.8 Å². The van der Waals surface area contributed by atoms with Gasteiger partial charge in [0.05, 0.1) is 11.3 Å². The first-order valence-corrected chi connectivity index (χ1v) is 6.48. The lowest BCUT2D eigenvalue weighted by atomic mass is 10.1. The number of aryl methyl sites for hydroxylation is 3. The Kier molecular flexibility index (Phi) is 2.74.